The lowest BCUT2D eigenvalue weighted by Gasteiger charge is -2.48. The van der Waals surface area contributed by atoms with E-state index in [2.05, 4.69) is 0 Å². The van der Waals surface area contributed by atoms with Gasteiger partial charge in [-0.1, -0.05) is 60.1 Å². The van der Waals surface area contributed by atoms with Crippen molar-refractivity contribution >= 4 is 17.2 Å². The van der Waals surface area contributed by atoms with Gasteiger partial charge in [0.2, 0.25) is 5.79 Å². The van der Waals surface area contributed by atoms with Crippen LogP contribution >= 0.6 is 11.6 Å². The molecule has 1 saturated heterocycles. The summed E-state index contributed by atoms with van der Waals surface area (Å²) in [7, 11) is 1.60. The number of aliphatic hydroxyl groups excluding tert-OH is 3. The van der Waals surface area contributed by atoms with Crippen LogP contribution in [0.3, 0.4) is 0 Å². The fraction of sp³-hybridized carbons (Fsp3) is 0.333. The second-order valence-electron chi connectivity index (χ2n) is 9.78. The predicted molar refractivity (Wildman–Crippen MR) is 145 cm³/mol. The molecule has 0 bridgehead atoms. The molecule has 4 N–H and O–H groups in total. The molecule has 0 amide bonds. The molecule has 202 valence electrons. The number of ether oxygens (including phenoxy) is 3. The van der Waals surface area contributed by atoms with Crippen molar-refractivity contribution in [1.29, 1.82) is 0 Å². The quantitative estimate of drug-likeness (QED) is 0.303. The van der Waals surface area contributed by atoms with Gasteiger partial charge in [-0.05, 0) is 54.3 Å². The zero-order chi connectivity index (χ0) is 27.3. The van der Waals surface area contributed by atoms with Gasteiger partial charge in [0.1, 0.15) is 18.5 Å². The number of aliphatic hydroxyl groups is 4. The molecule has 1 fully saturated rings. The van der Waals surface area contributed by atoms with Gasteiger partial charge < -0.3 is 34.6 Å². The van der Waals surface area contributed by atoms with Gasteiger partial charge in [-0.3, -0.25) is 0 Å². The smallest absolute Gasteiger partial charge is 0.222 e. The van der Waals surface area contributed by atoms with Gasteiger partial charge in [-0.15, -0.1) is 0 Å². The van der Waals surface area contributed by atoms with Crippen molar-refractivity contribution in [2.24, 2.45) is 0 Å². The van der Waals surface area contributed by atoms with Crippen molar-refractivity contribution < 1.29 is 34.6 Å². The molecule has 8 heteroatoms. The predicted octanol–water partition coefficient (Wildman–Crippen LogP) is 4.04. The number of hydrogen-bond acceptors (Lipinski definition) is 7. The SMILES string of the molecule is COC=C(COc1ccc(Cc2cc(C3(O)OC(C)(CO)CC(O)C3O)ccc2Cl)cc1)c1ccccc1. The first-order chi connectivity index (χ1) is 18.2. The Hall–Kier alpha value is -2.91. The second kappa shape index (κ2) is 11.9. The van der Waals surface area contributed by atoms with Gasteiger partial charge in [0, 0.05) is 22.6 Å². The average molecular weight is 541 g/mol. The Labute approximate surface area is 227 Å². The lowest BCUT2D eigenvalue weighted by molar-refractivity contribution is -0.361. The number of benzene rings is 3. The van der Waals surface area contributed by atoms with Gasteiger partial charge in [0.25, 0.3) is 0 Å². The van der Waals surface area contributed by atoms with Gasteiger partial charge in [0.05, 0.1) is 31.7 Å². The van der Waals surface area contributed by atoms with E-state index in [-0.39, 0.29) is 12.0 Å². The molecular formula is C30H33ClO7. The van der Waals surface area contributed by atoms with Crippen molar-refractivity contribution in [2.45, 2.75) is 43.4 Å². The van der Waals surface area contributed by atoms with Crippen LogP contribution in [-0.2, 0) is 21.7 Å². The largest absolute Gasteiger partial charge is 0.504 e. The van der Waals surface area contributed by atoms with Crippen molar-refractivity contribution in [2.75, 3.05) is 20.3 Å². The van der Waals surface area contributed by atoms with Crippen LogP contribution in [0, 0.1) is 0 Å². The highest BCUT2D eigenvalue weighted by molar-refractivity contribution is 6.31. The van der Waals surface area contributed by atoms with Crippen molar-refractivity contribution in [1.82, 2.24) is 0 Å². The molecular weight excluding hydrogens is 508 g/mol. The highest BCUT2D eigenvalue weighted by Gasteiger charge is 2.53. The highest BCUT2D eigenvalue weighted by atomic mass is 35.5. The molecule has 4 rings (SSSR count). The van der Waals surface area contributed by atoms with Crippen LogP contribution in [0.1, 0.15) is 35.6 Å². The minimum atomic E-state index is -2.21. The number of halogens is 1. The molecule has 0 saturated carbocycles. The summed E-state index contributed by atoms with van der Waals surface area (Å²) in [6, 6.07) is 22.2. The maximum atomic E-state index is 11.3. The first-order valence-electron chi connectivity index (χ1n) is 12.3. The van der Waals surface area contributed by atoms with Gasteiger partial charge in [-0.25, -0.2) is 0 Å². The zero-order valence-corrected chi connectivity index (χ0v) is 22.1. The van der Waals surface area contributed by atoms with Crippen LogP contribution in [0.25, 0.3) is 5.57 Å². The summed E-state index contributed by atoms with van der Waals surface area (Å²) in [5, 5.41) is 42.4. The fourth-order valence-corrected chi connectivity index (χ4v) is 4.80. The Morgan fingerprint density at radius 2 is 1.79 bits per heavy atom. The van der Waals surface area contributed by atoms with E-state index in [1.54, 1.807) is 38.5 Å². The van der Waals surface area contributed by atoms with Crippen LogP contribution in [0.15, 0.2) is 79.1 Å². The normalized spacial score (nSPS) is 25.7. The summed E-state index contributed by atoms with van der Waals surface area (Å²) >= 11 is 6.47. The van der Waals surface area contributed by atoms with Gasteiger partial charge >= 0.3 is 0 Å². The molecule has 1 heterocycles. The molecule has 4 atom stereocenters. The Morgan fingerprint density at radius 1 is 1.08 bits per heavy atom. The van der Waals surface area contributed by atoms with Crippen LogP contribution in [0.2, 0.25) is 5.02 Å². The summed E-state index contributed by atoms with van der Waals surface area (Å²) in [5.74, 6) is -1.52. The van der Waals surface area contributed by atoms with Crippen LogP contribution in [0.5, 0.6) is 5.75 Å². The van der Waals surface area contributed by atoms with E-state index < -0.39 is 30.2 Å². The third-order valence-corrected chi connectivity index (χ3v) is 7.09. The van der Waals surface area contributed by atoms with Crippen LogP contribution < -0.4 is 4.74 Å². The zero-order valence-electron chi connectivity index (χ0n) is 21.4. The lowest BCUT2D eigenvalue weighted by atomic mass is 9.84. The number of rotatable bonds is 9. The minimum absolute atomic E-state index is 0.0179. The van der Waals surface area contributed by atoms with E-state index in [1.165, 1.54) is 0 Å². The molecule has 1 aliphatic heterocycles. The molecule has 0 aliphatic carbocycles. The number of hydrogen-bond donors (Lipinski definition) is 4. The molecule has 1 aliphatic rings. The molecule has 0 aromatic heterocycles. The molecule has 0 spiro atoms. The maximum absolute atomic E-state index is 11.3. The lowest BCUT2D eigenvalue weighted by Crippen LogP contribution is -2.60. The first kappa shape index (κ1) is 28.1. The van der Waals surface area contributed by atoms with Gasteiger partial charge in [-0.2, -0.15) is 0 Å². The summed E-state index contributed by atoms with van der Waals surface area (Å²) in [5.41, 5.74) is 2.59. The standard InChI is InChI=1S/C30H33ClO7/c1-29(19-32)16-27(33)28(34)30(35,38-29)24-10-13-26(31)22(15-24)14-20-8-11-25(12-9-20)37-18-23(17-36-2)21-6-4-3-5-7-21/h3-13,15,17,27-28,32-35H,14,16,18-19H2,1-2H3. The fourth-order valence-electron chi connectivity index (χ4n) is 4.62. The summed E-state index contributed by atoms with van der Waals surface area (Å²) < 4.78 is 16.9. The first-order valence-corrected chi connectivity index (χ1v) is 12.7. The topological polar surface area (TPSA) is 109 Å². The van der Waals surface area contributed by atoms with E-state index in [9.17, 15) is 20.4 Å². The maximum Gasteiger partial charge on any atom is 0.222 e. The summed E-state index contributed by atoms with van der Waals surface area (Å²) in [4.78, 5) is 0. The Kier molecular flexibility index (Phi) is 8.78. The summed E-state index contributed by atoms with van der Waals surface area (Å²) in [6.07, 6.45) is -0.783. The second-order valence-corrected chi connectivity index (χ2v) is 10.2. The third-order valence-electron chi connectivity index (χ3n) is 6.72. The van der Waals surface area contributed by atoms with Crippen LogP contribution in [0.4, 0.5) is 0 Å². The monoisotopic (exact) mass is 540 g/mol. The highest BCUT2D eigenvalue weighted by Crippen LogP contribution is 2.41. The molecule has 3 aromatic carbocycles. The molecule has 3 aromatic rings. The molecule has 38 heavy (non-hydrogen) atoms. The molecule has 7 nitrogen and oxygen atoms in total. The van der Waals surface area contributed by atoms with E-state index in [4.69, 9.17) is 25.8 Å². The third kappa shape index (κ3) is 6.21. The average Bonchev–Trinajstić information content (AvgIpc) is 2.92. The van der Waals surface area contributed by atoms with E-state index in [1.807, 2.05) is 54.6 Å². The summed E-state index contributed by atoms with van der Waals surface area (Å²) in [6.45, 7) is 1.48. The van der Waals surface area contributed by atoms with Crippen molar-refractivity contribution in [3.05, 3.63) is 106 Å². The van der Waals surface area contributed by atoms with Gasteiger partial charge in [0.15, 0.2) is 0 Å². The van der Waals surface area contributed by atoms with Crippen molar-refractivity contribution in [3.63, 3.8) is 0 Å². The molecule has 0 radical (unpaired) electrons. The van der Waals surface area contributed by atoms with Crippen molar-refractivity contribution in [3.8, 4) is 5.75 Å². The Bertz CT molecular complexity index is 1250. The van der Waals surface area contributed by atoms with E-state index in [0.717, 1.165) is 16.7 Å². The van der Waals surface area contributed by atoms with E-state index in [0.29, 0.717) is 29.4 Å². The number of methoxy groups -OCH3 is 1. The van der Waals surface area contributed by atoms with Crippen LogP contribution in [-0.4, -0.2) is 58.6 Å². The minimum Gasteiger partial charge on any atom is -0.504 e. The Morgan fingerprint density at radius 3 is 2.45 bits per heavy atom. The Balaban J connectivity index is 1.49. The molecule has 4 unspecified atom stereocenters. The van der Waals surface area contributed by atoms with E-state index >= 15 is 0 Å².